The summed E-state index contributed by atoms with van der Waals surface area (Å²) in [6.07, 6.45) is 2.25. The molecule has 17 heavy (non-hydrogen) atoms. The molecule has 0 aliphatic rings. The number of benzene rings is 1. The maximum Gasteiger partial charge on any atom is 0.288 e. The van der Waals surface area contributed by atoms with E-state index in [2.05, 4.69) is 4.98 Å². The fourth-order valence-corrected chi connectivity index (χ4v) is 1.98. The van der Waals surface area contributed by atoms with E-state index in [1.54, 1.807) is 0 Å². The third-order valence-electron chi connectivity index (χ3n) is 2.39. The summed E-state index contributed by atoms with van der Waals surface area (Å²) in [6, 6.07) is 9.90. The van der Waals surface area contributed by atoms with Crippen molar-refractivity contribution in [1.82, 2.24) is 9.55 Å². The van der Waals surface area contributed by atoms with Crippen LogP contribution in [0.5, 0.6) is 0 Å². The number of hydrogen-bond donors (Lipinski definition) is 0. The first-order valence-electron chi connectivity index (χ1n) is 5.13. The molecular weight excluding hydrogens is 259 g/mol. The number of rotatable bonds is 3. The molecule has 88 valence electrons. The summed E-state index contributed by atoms with van der Waals surface area (Å²) in [5, 5.41) is 0.133. The molecule has 1 aromatic heterocycles. The second kappa shape index (κ2) is 5.34. The van der Waals surface area contributed by atoms with Crippen LogP contribution in [0.15, 0.2) is 41.3 Å². The lowest BCUT2D eigenvalue weighted by Crippen LogP contribution is -2.22. The second-order valence-electron chi connectivity index (χ2n) is 3.59. The summed E-state index contributed by atoms with van der Waals surface area (Å²) >= 11 is 11.4. The topological polar surface area (TPSA) is 34.9 Å². The Morgan fingerprint density at radius 2 is 1.88 bits per heavy atom. The van der Waals surface area contributed by atoms with Gasteiger partial charge in [-0.1, -0.05) is 53.5 Å². The van der Waals surface area contributed by atoms with E-state index in [-0.39, 0.29) is 15.9 Å². The third kappa shape index (κ3) is 3.08. The predicted molar refractivity (Wildman–Crippen MR) is 68.7 cm³/mol. The fraction of sp³-hybridized carbons (Fsp3) is 0.167. The van der Waals surface area contributed by atoms with E-state index >= 15 is 0 Å². The van der Waals surface area contributed by atoms with Gasteiger partial charge in [0.25, 0.3) is 5.56 Å². The summed E-state index contributed by atoms with van der Waals surface area (Å²) in [5.74, 6) is 0. The van der Waals surface area contributed by atoms with Crippen LogP contribution < -0.4 is 5.56 Å². The molecule has 1 heterocycles. The van der Waals surface area contributed by atoms with Gasteiger partial charge in [0.15, 0.2) is 5.15 Å². The molecule has 1 aromatic carbocycles. The lowest BCUT2D eigenvalue weighted by atomic mass is 10.1. The molecule has 0 aliphatic heterocycles. The molecule has 2 rings (SSSR count). The normalized spacial score (nSPS) is 10.5. The molecule has 0 fully saturated rings. The van der Waals surface area contributed by atoms with Gasteiger partial charge in [0.1, 0.15) is 5.15 Å². The van der Waals surface area contributed by atoms with Gasteiger partial charge in [-0.2, -0.15) is 0 Å². The monoisotopic (exact) mass is 268 g/mol. The van der Waals surface area contributed by atoms with Gasteiger partial charge in [0.2, 0.25) is 0 Å². The second-order valence-corrected chi connectivity index (χ2v) is 4.33. The van der Waals surface area contributed by atoms with Crippen molar-refractivity contribution in [3.8, 4) is 0 Å². The molecule has 3 nitrogen and oxygen atoms in total. The molecule has 0 unspecified atom stereocenters. The van der Waals surface area contributed by atoms with Gasteiger partial charge >= 0.3 is 0 Å². The summed E-state index contributed by atoms with van der Waals surface area (Å²) < 4.78 is 1.48. The van der Waals surface area contributed by atoms with E-state index in [4.69, 9.17) is 23.2 Å². The summed E-state index contributed by atoms with van der Waals surface area (Å²) in [4.78, 5) is 15.3. The number of aryl methyl sites for hydroxylation is 2. The molecular formula is C12H10Cl2N2O. The van der Waals surface area contributed by atoms with E-state index < -0.39 is 0 Å². The Hall–Kier alpha value is -1.32. The summed E-state index contributed by atoms with van der Waals surface area (Å²) in [7, 11) is 0. The SMILES string of the molecule is O=c1c(Cl)nc(Cl)cn1CCc1ccccc1. The molecule has 0 N–H and O–H groups in total. The minimum Gasteiger partial charge on any atom is -0.309 e. The van der Waals surface area contributed by atoms with Crippen LogP contribution in [-0.4, -0.2) is 9.55 Å². The number of halogens is 2. The molecule has 0 amide bonds. The Morgan fingerprint density at radius 3 is 2.59 bits per heavy atom. The van der Waals surface area contributed by atoms with Crippen LogP contribution in [0.4, 0.5) is 0 Å². The van der Waals surface area contributed by atoms with Crippen molar-refractivity contribution in [3.63, 3.8) is 0 Å². The average molecular weight is 269 g/mol. The van der Waals surface area contributed by atoms with Crippen LogP contribution in [0.25, 0.3) is 0 Å². The highest BCUT2D eigenvalue weighted by molar-refractivity contribution is 6.32. The standard InChI is InChI=1S/C12H10Cl2N2O/c13-10-8-16(12(17)11(14)15-10)7-6-9-4-2-1-3-5-9/h1-5,8H,6-7H2. The summed E-state index contributed by atoms with van der Waals surface area (Å²) in [6.45, 7) is 0.533. The lowest BCUT2D eigenvalue weighted by molar-refractivity contribution is 0.663. The largest absolute Gasteiger partial charge is 0.309 e. The molecule has 2 aromatic rings. The smallest absolute Gasteiger partial charge is 0.288 e. The van der Waals surface area contributed by atoms with E-state index in [1.807, 2.05) is 30.3 Å². The van der Waals surface area contributed by atoms with Crippen LogP contribution in [0.2, 0.25) is 10.3 Å². The first kappa shape index (κ1) is 12.1. The molecule has 0 aliphatic carbocycles. The van der Waals surface area contributed by atoms with Crippen molar-refractivity contribution >= 4 is 23.2 Å². The lowest BCUT2D eigenvalue weighted by Gasteiger charge is -2.06. The highest BCUT2D eigenvalue weighted by atomic mass is 35.5. The minimum atomic E-state index is -0.313. The highest BCUT2D eigenvalue weighted by Crippen LogP contribution is 2.07. The minimum absolute atomic E-state index is 0.0921. The van der Waals surface area contributed by atoms with Crippen molar-refractivity contribution in [2.75, 3.05) is 0 Å². The molecule has 0 atom stereocenters. The van der Waals surface area contributed by atoms with Crippen LogP contribution in [0.1, 0.15) is 5.56 Å². The third-order valence-corrected chi connectivity index (χ3v) is 2.82. The van der Waals surface area contributed by atoms with Crippen molar-refractivity contribution in [2.45, 2.75) is 13.0 Å². The zero-order chi connectivity index (χ0) is 12.3. The molecule has 0 bridgehead atoms. The molecule has 0 saturated heterocycles. The van der Waals surface area contributed by atoms with Gasteiger partial charge in [-0.25, -0.2) is 4.98 Å². The molecule has 0 spiro atoms. The summed E-state index contributed by atoms with van der Waals surface area (Å²) in [5.41, 5.74) is 0.843. The number of aromatic nitrogens is 2. The van der Waals surface area contributed by atoms with Crippen molar-refractivity contribution < 1.29 is 0 Å². The van der Waals surface area contributed by atoms with Crippen LogP contribution in [0.3, 0.4) is 0 Å². The van der Waals surface area contributed by atoms with Crippen LogP contribution in [0, 0.1) is 0 Å². The van der Waals surface area contributed by atoms with Crippen molar-refractivity contribution in [3.05, 3.63) is 62.8 Å². The first-order valence-corrected chi connectivity index (χ1v) is 5.89. The Kier molecular flexibility index (Phi) is 3.82. The van der Waals surface area contributed by atoms with Gasteiger partial charge in [-0.15, -0.1) is 0 Å². The number of nitrogens with zero attached hydrogens (tertiary/aromatic N) is 2. The van der Waals surface area contributed by atoms with E-state index in [0.29, 0.717) is 6.54 Å². The molecule has 0 saturated carbocycles. The van der Waals surface area contributed by atoms with E-state index in [0.717, 1.165) is 12.0 Å². The quantitative estimate of drug-likeness (QED) is 0.858. The van der Waals surface area contributed by atoms with Crippen molar-refractivity contribution in [2.24, 2.45) is 0 Å². The maximum absolute atomic E-state index is 11.7. The van der Waals surface area contributed by atoms with Crippen LogP contribution >= 0.6 is 23.2 Å². The molecule has 0 radical (unpaired) electrons. The zero-order valence-corrected chi connectivity index (χ0v) is 10.4. The van der Waals surface area contributed by atoms with Crippen molar-refractivity contribution in [1.29, 1.82) is 0 Å². The van der Waals surface area contributed by atoms with Gasteiger partial charge in [-0.3, -0.25) is 4.79 Å². The maximum atomic E-state index is 11.7. The Morgan fingerprint density at radius 1 is 1.18 bits per heavy atom. The van der Waals surface area contributed by atoms with Crippen LogP contribution in [-0.2, 0) is 13.0 Å². The zero-order valence-electron chi connectivity index (χ0n) is 8.94. The predicted octanol–water partition coefficient (Wildman–Crippen LogP) is 2.79. The average Bonchev–Trinajstić information content (AvgIpc) is 2.33. The van der Waals surface area contributed by atoms with Gasteiger partial charge in [0, 0.05) is 12.7 Å². The Bertz CT molecular complexity index is 566. The van der Waals surface area contributed by atoms with Gasteiger partial charge in [-0.05, 0) is 12.0 Å². The Labute approximate surface area is 109 Å². The molecule has 5 heteroatoms. The highest BCUT2D eigenvalue weighted by Gasteiger charge is 2.05. The van der Waals surface area contributed by atoms with E-state index in [1.165, 1.54) is 10.8 Å². The fourth-order valence-electron chi connectivity index (χ4n) is 1.54. The van der Waals surface area contributed by atoms with Gasteiger partial charge < -0.3 is 4.57 Å². The first-order chi connectivity index (χ1) is 8.16. The van der Waals surface area contributed by atoms with E-state index in [9.17, 15) is 4.79 Å². The number of hydrogen-bond acceptors (Lipinski definition) is 2. The van der Waals surface area contributed by atoms with Gasteiger partial charge in [0.05, 0.1) is 0 Å². The Balaban J connectivity index is 2.17.